The van der Waals surface area contributed by atoms with Gasteiger partial charge in [-0.3, -0.25) is 4.79 Å². The van der Waals surface area contributed by atoms with Crippen molar-refractivity contribution in [1.82, 2.24) is 30.2 Å². The van der Waals surface area contributed by atoms with E-state index < -0.39 is 48.1 Å². The van der Waals surface area contributed by atoms with E-state index in [0.29, 0.717) is 61.8 Å². The summed E-state index contributed by atoms with van der Waals surface area (Å²) in [5, 5.41) is 38.6. The number of carbonyl (C=O) groups is 3. The summed E-state index contributed by atoms with van der Waals surface area (Å²) in [5.41, 5.74) is 2.79. The first-order valence-electron chi connectivity index (χ1n) is 18.7. The van der Waals surface area contributed by atoms with Gasteiger partial charge in [-0.25, -0.2) is 14.6 Å². The third kappa shape index (κ3) is 11.1. The first-order valence-corrected chi connectivity index (χ1v) is 18.7. The minimum atomic E-state index is -5.08. The standard InChI is InChI=1S/C37H48N8O5.C2HF3O2/c1-5-29(46)41-27-20-28(32(48)31(27)47)45-22-39-30-33(38-21-26(23-12-8-6-9-13-23)24-14-10-7-11-15-24)42-35(43-34(30)45)44-18-16-25(17-19-44)40-36(49)50-37(2,3)4;3-2(4,5)1(6)7/h6-15,22,25-28,31-32,47-48H,5,16-21H2,1-4H3,(H,40,49)(H,41,46)(H,38,42,43);(H,6,7)/t27-,28+,31+,32-;/m0./s1. The van der Waals surface area contributed by atoms with Crippen molar-refractivity contribution >= 4 is 40.9 Å². The molecular weight excluding hydrogens is 749 g/mol. The van der Waals surface area contributed by atoms with Crippen molar-refractivity contribution in [3.63, 3.8) is 0 Å². The molecule has 0 bridgehead atoms. The molecule has 18 heteroatoms. The third-order valence-electron chi connectivity index (χ3n) is 9.70. The second kappa shape index (κ2) is 18.2. The molecule has 2 aromatic carbocycles. The molecule has 4 aromatic rings. The molecule has 3 heterocycles. The Labute approximate surface area is 327 Å². The van der Waals surface area contributed by atoms with Crippen LogP contribution >= 0.6 is 0 Å². The largest absolute Gasteiger partial charge is 0.490 e. The Morgan fingerprint density at radius 2 is 1.49 bits per heavy atom. The highest BCUT2D eigenvalue weighted by molar-refractivity contribution is 5.84. The highest BCUT2D eigenvalue weighted by Gasteiger charge is 2.44. The van der Waals surface area contributed by atoms with E-state index in [4.69, 9.17) is 29.6 Å². The predicted octanol–water partition coefficient (Wildman–Crippen LogP) is 4.76. The lowest BCUT2D eigenvalue weighted by Crippen LogP contribution is -2.46. The number of ether oxygens (including phenoxy) is 1. The van der Waals surface area contributed by atoms with Gasteiger partial charge in [0, 0.05) is 38.0 Å². The molecule has 0 spiro atoms. The number of aliphatic hydroxyl groups excluding tert-OH is 2. The number of alkyl halides is 3. The summed E-state index contributed by atoms with van der Waals surface area (Å²) in [4.78, 5) is 50.3. The lowest BCUT2D eigenvalue weighted by Gasteiger charge is -2.33. The van der Waals surface area contributed by atoms with Crippen molar-refractivity contribution in [1.29, 1.82) is 0 Å². The molecule has 4 atom stereocenters. The number of aliphatic carboxylic acids is 1. The van der Waals surface area contributed by atoms with E-state index in [1.165, 1.54) is 0 Å². The molecule has 0 radical (unpaired) electrons. The van der Waals surface area contributed by atoms with E-state index in [1.807, 2.05) is 57.2 Å². The number of hydrogen-bond donors (Lipinski definition) is 6. The Bertz CT molecular complexity index is 1930. The van der Waals surface area contributed by atoms with Gasteiger partial charge in [-0.1, -0.05) is 67.6 Å². The third-order valence-corrected chi connectivity index (χ3v) is 9.70. The molecule has 2 aliphatic rings. The number of alkyl carbamates (subject to hydrolysis) is 1. The van der Waals surface area contributed by atoms with E-state index in [9.17, 15) is 33.0 Å². The fourth-order valence-corrected chi connectivity index (χ4v) is 6.84. The maximum atomic E-state index is 12.4. The van der Waals surface area contributed by atoms with E-state index in [0.717, 1.165) is 11.1 Å². The number of fused-ring (bicyclic) bond motifs is 1. The number of nitrogens with one attached hydrogen (secondary N) is 3. The Morgan fingerprint density at radius 1 is 0.912 bits per heavy atom. The smallest absolute Gasteiger partial charge is 0.475 e. The van der Waals surface area contributed by atoms with Crippen LogP contribution in [0.25, 0.3) is 11.2 Å². The number of imidazole rings is 1. The van der Waals surface area contributed by atoms with Crippen LogP contribution < -0.4 is 20.9 Å². The van der Waals surface area contributed by atoms with Gasteiger partial charge < -0.3 is 45.5 Å². The first kappa shape index (κ1) is 42.6. The number of aliphatic hydroxyl groups is 2. The topological polar surface area (TPSA) is 204 Å². The molecule has 15 nitrogen and oxygen atoms in total. The average molecular weight is 799 g/mol. The van der Waals surface area contributed by atoms with Gasteiger partial charge in [0.15, 0.2) is 17.0 Å². The van der Waals surface area contributed by atoms with Crippen molar-refractivity contribution in [3.05, 3.63) is 78.1 Å². The summed E-state index contributed by atoms with van der Waals surface area (Å²) < 4.78 is 39.0. The fraction of sp³-hybridized carbons (Fsp3) is 0.487. The Balaban J connectivity index is 0.000000811. The molecule has 2 fully saturated rings. The van der Waals surface area contributed by atoms with Crippen LogP contribution in [-0.2, 0) is 14.3 Å². The summed E-state index contributed by atoms with van der Waals surface area (Å²) >= 11 is 0. The zero-order chi connectivity index (χ0) is 41.5. The van der Waals surface area contributed by atoms with Gasteiger partial charge in [0.2, 0.25) is 11.9 Å². The molecule has 6 rings (SSSR count). The van der Waals surface area contributed by atoms with Crippen LogP contribution in [0.2, 0.25) is 0 Å². The minimum absolute atomic E-state index is 0.0253. The van der Waals surface area contributed by atoms with Crippen molar-refractivity contribution < 1.29 is 47.6 Å². The summed E-state index contributed by atoms with van der Waals surface area (Å²) in [6.45, 7) is 9.01. The van der Waals surface area contributed by atoms with Crippen LogP contribution in [0.4, 0.5) is 29.7 Å². The van der Waals surface area contributed by atoms with Gasteiger partial charge in [-0.05, 0) is 51.2 Å². The summed E-state index contributed by atoms with van der Waals surface area (Å²) in [6, 6.07) is 19.4. The maximum Gasteiger partial charge on any atom is 0.490 e. The van der Waals surface area contributed by atoms with Crippen LogP contribution in [-0.4, -0.2) is 109 Å². The molecule has 1 aliphatic heterocycles. The van der Waals surface area contributed by atoms with E-state index in [2.05, 4.69) is 45.1 Å². The molecule has 57 heavy (non-hydrogen) atoms. The Hall–Kier alpha value is -5.49. The van der Waals surface area contributed by atoms with E-state index in [-0.39, 0.29) is 24.3 Å². The van der Waals surface area contributed by atoms with Gasteiger partial charge in [-0.15, -0.1) is 0 Å². The molecule has 2 amide bonds. The highest BCUT2D eigenvalue weighted by Crippen LogP contribution is 2.35. The summed E-state index contributed by atoms with van der Waals surface area (Å²) in [5.74, 6) is -1.87. The quantitative estimate of drug-likeness (QED) is 0.129. The summed E-state index contributed by atoms with van der Waals surface area (Å²) in [7, 11) is 0. The number of hydrogen-bond acceptors (Lipinski definition) is 11. The molecule has 1 saturated carbocycles. The monoisotopic (exact) mass is 798 g/mol. The fourth-order valence-electron chi connectivity index (χ4n) is 6.84. The zero-order valence-corrected chi connectivity index (χ0v) is 32.1. The highest BCUT2D eigenvalue weighted by atomic mass is 19.4. The number of amides is 2. The lowest BCUT2D eigenvalue weighted by molar-refractivity contribution is -0.192. The van der Waals surface area contributed by atoms with Crippen molar-refractivity contribution in [2.75, 3.05) is 29.9 Å². The number of carboxylic acids is 1. The number of carboxylic acid groups (broad SMARTS) is 1. The Kier molecular flexibility index (Phi) is 13.6. The number of benzene rings is 2. The number of carbonyl (C=O) groups excluding carboxylic acids is 2. The minimum Gasteiger partial charge on any atom is -0.475 e. The normalized spacial score (nSPS) is 20.1. The van der Waals surface area contributed by atoms with Crippen LogP contribution in [0.5, 0.6) is 0 Å². The lowest BCUT2D eigenvalue weighted by atomic mass is 9.91. The van der Waals surface area contributed by atoms with Crippen LogP contribution in [0.1, 0.15) is 76.5 Å². The van der Waals surface area contributed by atoms with Gasteiger partial charge in [-0.2, -0.15) is 23.1 Å². The number of nitrogens with zero attached hydrogens (tertiary/aromatic N) is 5. The molecule has 6 N–H and O–H groups in total. The van der Waals surface area contributed by atoms with Gasteiger partial charge in [0.25, 0.3) is 0 Å². The van der Waals surface area contributed by atoms with Gasteiger partial charge >= 0.3 is 18.2 Å². The average Bonchev–Trinajstić information content (AvgIpc) is 3.71. The second-order valence-electron chi connectivity index (χ2n) is 15.0. The Morgan fingerprint density at radius 3 is 2.02 bits per heavy atom. The van der Waals surface area contributed by atoms with E-state index >= 15 is 0 Å². The predicted molar refractivity (Wildman–Crippen MR) is 205 cm³/mol. The molecule has 308 valence electrons. The number of halogens is 3. The van der Waals surface area contributed by atoms with Crippen LogP contribution in [0.15, 0.2) is 67.0 Å². The van der Waals surface area contributed by atoms with Gasteiger partial charge in [0.05, 0.1) is 18.4 Å². The van der Waals surface area contributed by atoms with Crippen LogP contribution in [0, 0.1) is 0 Å². The molecule has 1 saturated heterocycles. The van der Waals surface area contributed by atoms with E-state index in [1.54, 1.807) is 17.8 Å². The van der Waals surface area contributed by atoms with Gasteiger partial charge in [0.1, 0.15) is 17.8 Å². The number of anilines is 2. The zero-order valence-electron chi connectivity index (χ0n) is 32.1. The van der Waals surface area contributed by atoms with Crippen molar-refractivity contribution in [3.8, 4) is 0 Å². The maximum absolute atomic E-state index is 12.4. The molecule has 1 aliphatic carbocycles. The number of piperidine rings is 1. The number of aromatic nitrogens is 4. The SMILES string of the molecule is CCC(=O)N[C@H]1C[C@@H](n2cnc3c(NCC(c4ccccc4)c4ccccc4)nc(N4CCC(NC(=O)OC(C)(C)C)CC4)nc32)[C@H](O)[C@@H]1O.O=C(O)C(F)(F)F. The number of rotatable bonds is 10. The van der Waals surface area contributed by atoms with Crippen LogP contribution in [0.3, 0.4) is 0 Å². The van der Waals surface area contributed by atoms with Crippen molar-refractivity contribution in [2.24, 2.45) is 0 Å². The molecule has 0 unspecified atom stereocenters. The first-order chi connectivity index (χ1) is 26.9. The van der Waals surface area contributed by atoms with Crippen molar-refractivity contribution in [2.45, 2.75) is 101 Å². The molecule has 2 aromatic heterocycles. The second-order valence-corrected chi connectivity index (χ2v) is 15.0. The molecular formula is C39H49F3N8O7. The summed E-state index contributed by atoms with van der Waals surface area (Å²) in [6.07, 6.45) is -4.21.